The predicted molar refractivity (Wildman–Crippen MR) is 89.8 cm³/mol. The fraction of sp³-hybridized carbons (Fsp3) is 0.438. The molecule has 1 heterocycles. The van der Waals surface area contributed by atoms with Crippen molar-refractivity contribution in [3.63, 3.8) is 0 Å². The lowest BCUT2D eigenvalue weighted by Crippen LogP contribution is -2.45. The van der Waals surface area contributed by atoms with Gasteiger partial charge in [0.05, 0.1) is 12.1 Å². The maximum Gasteiger partial charge on any atom is 0.328 e. The van der Waals surface area contributed by atoms with E-state index < -0.39 is 42.6 Å². The molecule has 0 aromatic heterocycles. The third-order valence-corrected chi connectivity index (χ3v) is 4.35. The standard InChI is InChI=1S/C16H20N2O5S/c1-10(19)14-15(22)18(16(23)17(14)8-13(20)21)12(9-24)7-11-5-3-2-4-6-11/h2-6,10,12,14,19,24H,7-9H2,1H3,(H,20,21). The van der Waals surface area contributed by atoms with E-state index in [2.05, 4.69) is 12.6 Å². The Morgan fingerprint density at radius 1 is 1.29 bits per heavy atom. The number of benzene rings is 1. The van der Waals surface area contributed by atoms with Crippen molar-refractivity contribution in [1.29, 1.82) is 0 Å². The molecule has 0 bridgehead atoms. The number of carboxylic acid groups (broad SMARTS) is 1. The Balaban J connectivity index is 2.28. The molecular weight excluding hydrogens is 332 g/mol. The third kappa shape index (κ3) is 3.70. The van der Waals surface area contributed by atoms with Gasteiger partial charge in [-0.2, -0.15) is 12.6 Å². The molecule has 2 rings (SSSR count). The van der Waals surface area contributed by atoms with Gasteiger partial charge in [0.2, 0.25) is 0 Å². The molecule has 0 radical (unpaired) electrons. The quantitative estimate of drug-likeness (QED) is 0.494. The van der Waals surface area contributed by atoms with E-state index in [1.165, 1.54) is 6.92 Å². The van der Waals surface area contributed by atoms with Crippen molar-refractivity contribution in [1.82, 2.24) is 9.80 Å². The largest absolute Gasteiger partial charge is 0.480 e. The van der Waals surface area contributed by atoms with E-state index in [-0.39, 0.29) is 5.75 Å². The number of amides is 3. The smallest absolute Gasteiger partial charge is 0.328 e. The number of rotatable bonds is 7. The summed E-state index contributed by atoms with van der Waals surface area (Å²) in [6.45, 7) is 0.725. The molecule has 1 aliphatic heterocycles. The van der Waals surface area contributed by atoms with Crippen LogP contribution in [0.5, 0.6) is 0 Å². The van der Waals surface area contributed by atoms with E-state index in [1.54, 1.807) is 0 Å². The van der Waals surface area contributed by atoms with Crippen LogP contribution >= 0.6 is 12.6 Å². The highest BCUT2D eigenvalue weighted by Crippen LogP contribution is 2.24. The number of aliphatic hydroxyl groups excluding tert-OH is 1. The molecule has 8 heteroatoms. The monoisotopic (exact) mass is 352 g/mol. The number of hydrogen-bond donors (Lipinski definition) is 3. The Kier molecular flexibility index (Phi) is 5.84. The van der Waals surface area contributed by atoms with Gasteiger partial charge in [-0.15, -0.1) is 0 Å². The Bertz CT molecular complexity index is 622. The average molecular weight is 352 g/mol. The molecule has 0 spiro atoms. The predicted octanol–water partition coefficient (Wildman–Crippen LogP) is 0.626. The second kappa shape index (κ2) is 7.67. The zero-order valence-electron chi connectivity index (χ0n) is 13.2. The molecule has 7 nitrogen and oxygen atoms in total. The first kappa shape index (κ1) is 18.3. The van der Waals surface area contributed by atoms with E-state index in [1.807, 2.05) is 30.3 Å². The van der Waals surface area contributed by atoms with Crippen molar-refractivity contribution in [2.24, 2.45) is 0 Å². The Labute approximate surface area is 145 Å². The molecule has 0 saturated carbocycles. The van der Waals surface area contributed by atoms with Gasteiger partial charge in [-0.1, -0.05) is 30.3 Å². The van der Waals surface area contributed by atoms with E-state index >= 15 is 0 Å². The molecule has 1 aromatic carbocycles. The minimum Gasteiger partial charge on any atom is -0.480 e. The van der Waals surface area contributed by atoms with E-state index in [0.717, 1.165) is 15.4 Å². The van der Waals surface area contributed by atoms with Crippen molar-refractivity contribution >= 4 is 30.5 Å². The number of thiol groups is 1. The topological polar surface area (TPSA) is 98.2 Å². The van der Waals surface area contributed by atoms with Gasteiger partial charge in [0.25, 0.3) is 5.91 Å². The van der Waals surface area contributed by atoms with Crippen LogP contribution in [0.25, 0.3) is 0 Å². The highest BCUT2D eigenvalue weighted by atomic mass is 32.1. The van der Waals surface area contributed by atoms with E-state index in [4.69, 9.17) is 5.11 Å². The highest BCUT2D eigenvalue weighted by molar-refractivity contribution is 7.80. The number of aliphatic carboxylic acids is 1. The zero-order valence-corrected chi connectivity index (χ0v) is 14.1. The second-order valence-electron chi connectivity index (χ2n) is 5.72. The Morgan fingerprint density at radius 2 is 1.92 bits per heavy atom. The van der Waals surface area contributed by atoms with Crippen LogP contribution in [-0.4, -0.2) is 68.4 Å². The van der Waals surface area contributed by atoms with E-state index in [0.29, 0.717) is 6.42 Å². The lowest BCUT2D eigenvalue weighted by molar-refractivity contribution is -0.138. The molecule has 3 unspecified atom stereocenters. The maximum atomic E-state index is 12.6. The van der Waals surface area contributed by atoms with E-state index in [9.17, 15) is 19.5 Å². The summed E-state index contributed by atoms with van der Waals surface area (Å²) in [5.41, 5.74) is 0.933. The van der Waals surface area contributed by atoms with Crippen LogP contribution in [0.2, 0.25) is 0 Å². The van der Waals surface area contributed by atoms with Crippen LogP contribution in [0, 0.1) is 0 Å². The summed E-state index contributed by atoms with van der Waals surface area (Å²) in [7, 11) is 0. The molecule has 1 saturated heterocycles. The Morgan fingerprint density at radius 3 is 2.42 bits per heavy atom. The van der Waals surface area contributed by atoms with Crippen LogP contribution in [0.3, 0.4) is 0 Å². The SMILES string of the molecule is CC(O)C1C(=O)N(C(CS)Cc2ccccc2)C(=O)N1CC(=O)O. The van der Waals surface area contributed by atoms with Crippen LogP contribution in [0.4, 0.5) is 4.79 Å². The van der Waals surface area contributed by atoms with Gasteiger partial charge in [-0.3, -0.25) is 19.4 Å². The normalized spacial score (nSPS) is 20.4. The number of carbonyl (C=O) groups excluding carboxylic acids is 2. The number of urea groups is 1. The third-order valence-electron chi connectivity index (χ3n) is 3.93. The molecule has 1 aromatic rings. The number of nitrogens with zero attached hydrogens (tertiary/aromatic N) is 2. The molecule has 1 aliphatic rings. The van der Waals surface area contributed by atoms with Gasteiger partial charge in [0.15, 0.2) is 0 Å². The van der Waals surface area contributed by atoms with Gasteiger partial charge in [-0.05, 0) is 18.9 Å². The zero-order chi connectivity index (χ0) is 17.9. The summed E-state index contributed by atoms with van der Waals surface area (Å²) in [4.78, 5) is 38.1. The molecule has 3 amide bonds. The summed E-state index contributed by atoms with van der Waals surface area (Å²) >= 11 is 4.24. The number of aliphatic hydroxyl groups is 1. The highest BCUT2D eigenvalue weighted by Gasteiger charge is 2.50. The van der Waals surface area contributed by atoms with Gasteiger partial charge in [0, 0.05) is 5.75 Å². The number of carbonyl (C=O) groups is 3. The lowest BCUT2D eigenvalue weighted by Gasteiger charge is -2.24. The summed E-state index contributed by atoms with van der Waals surface area (Å²) in [5.74, 6) is -1.60. The number of hydrogen-bond acceptors (Lipinski definition) is 5. The molecule has 24 heavy (non-hydrogen) atoms. The molecular formula is C16H20N2O5S. The summed E-state index contributed by atoms with van der Waals surface area (Å²) < 4.78 is 0. The van der Waals surface area contributed by atoms with Crippen LogP contribution in [-0.2, 0) is 16.0 Å². The minimum absolute atomic E-state index is 0.236. The lowest BCUT2D eigenvalue weighted by atomic mass is 10.1. The molecule has 3 atom stereocenters. The van der Waals surface area contributed by atoms with Gasteiger partial charge in [-0.25, -0.2) is 4.79 Å². The van der Waals surface area contributed by atoms with Gasteiger partial charge >= 0.3 is 12.0 Å². The number of carboxylic acids is 1. The van der Waals surface area contributed by atoms with Crippen LogP contribution in [0.15, 0.2) is 30.3 Å². The molecule has 0 aliphatic carbocycles. The first-order valence-electron chi connectivity index (χ1n) is 7.55. The molecule has 130 valence electrons. The van der Waals surface area contributed by atoms with Crippen LogP contribution in [0.1, 0.15) is 12.5 Å². The van der Waals surface area contributed by atoms with Crippen LogP contribution < -0.4 is 0 Å². The number of imide groups is 1. The van der Waals surface area contributed by atoms with Crippen molar-refractivity contribution < 1.29 is 24.6 Å². The summed E-state index contributed by atoms with van der Waals surface area (Å²) in [6.07, 6.45) is -0.752. The van der Waals surface area contributed by atoms with Crippen molar-refractivity contribution in [3.05, 3.63) is 35.9 Å². The Hall–Kier alpha value is -2.06. The fourth-order valence-corrected chi connectivity index (χ4v) is 3.16. The van der Waals surface area contributed by atoms with Gasteiger partial charge < -0.3 is 10.2 Å². The van der Waals surface area contributed by atoms with Gasteiger partial charge in [0.1, 0.15) is 12.6 Å². The summed E-state index contributed by atoms with van der Waals surface area (Å²) in [5, 5.41) is 18.8. The minimum atomic E-state index is -1.24. The maximum absolute atomic E-state index is 12.6. The second-order valence-corrected chi connectivity index (χ2v) is 6.09. The summed E-state index contributed by atoms with van der Waals surface area (Å²) in [6, 6.07) is 6.92. The molecule has 1 fully saturated rings. The van der Waals surface area contributed by atoms with Crippen molar-refractivity contribution in [2.45, 2.75) is 31.5 Å². The van der Waals surface area contributed by atoms with Crippen molar-refractivity contribution in [2.75, 3.05) is 12.3 Å². The first-order chi connectivity index (χ1) is 11.4. The fourth-order valence-electron chi connectivity index (χ4n) is 2.87. The van der Waals surface area contributed by atoms with Crippen molar-refractivity contribution in [3.8, 4) is 0 Å². The first-order valence-corrected chi connectivity index (χ1v) is 8.18. The average Bonchev–Trinajstić information content (AvgIpc) is 2.76. The molecule has 2 N–H and O–H groups in total.